The van der Waals surface area contributed by atoms with Gasteiger partial charge in [0, 0.05) is 0 Å². The van der Waals surface area contributed by atoms with Gasteiger partial charge < -0.3 is 10.3 Å². The standard InChI is InChI=1S/C14H26N2O2/c1-2-3-4-5-6-7-8-9-10-11-12-18-14(17)13-16-15/h13H,2-12H2,1H3. The Kier molecular flexibility index (Phi) is 13.0. The highest BCUT2D eigenvalue weighted by atomic mass is 16.5. The zero-order chi connectivity index (χ0) is 13.5. The smallest absolute Gasteiger partial charge is 0.413 e. The number of unbranched alkanes of at least 4 members (excludes halogenated alkanes) is 9. The normalized spacial score (nSPS) is 9.83. The van der Waals surface area contributed by atoms with Crippen molar-refractivity contribution in [3.05, 3.63) is 5.53 Å². The molecular formula is C14H26N2O2. The molecule has 0 spiro atoms. The average Bonchev–Trinajstić information content (AvgIpc) is 2.36. The molecule has 0 fully saturated rings. The summed E-state index contributed by atoms with van der Waals surface area (Å²) in [6.45, 7) is 2.65. The Morgan fingerprint density at radius 3 is 2.00 bits per heavy atom. The highest BCUT2D eigenvalue weighted by molar-refractivity contribution is 6.20. The van der Waals surface area contributed by atoms with Crippen molar-refractivity contribution in [2.24, 2.45) is 0 Å². The van der Waals surface area contributed by atoms with E-state index in [2.05, 4.69) is 11.7 Å². The van der Waals surface area contributed by atoms with Crippen molar-refractivity contribution in [1.29, 1.82) is 0 Å². The summed E-state index contributed by atoms with van der Waals surface area (Å²) in [6.07, 6.45) is 13.3. The first-order chi connectivity index (χ1) is 8.81. The summed E-state index contributed by atoms with van der Waals surface area (Å²) < 4.78 is 4.81. The lowest BCUT2D eigenvalue weighted by Crippen LogP contribution is -2.07. The van der Waals surface area contributed by atoms with Crippen molar-refractivity contribution in [1.82, 2.24) is 0 Å². The van der Waals surface area contributed by atoms with Crippen LogP contribution in [0.2, 0.25) is 0 Å². The molecule has 0 unspecified atom stereocenters. The second-order valence-electron chi connectivity index (χ2n) is 4.59. The third-order valence-corrected chi connectivity index (χ3v) is 2.91. The fraction of sp³-hybridized carbons (Fsp3) is 0.857. The van der Waals surface area contributed by atoms with E-state index in [0.717, 1.165) is 19.1 Å². The van der Waals surface area contributed by atoms with E-state index in [1.165, 1.54) is 51.4 Å². The van der Waals surface area contributed by atoms with Gasteiger partial charge in [-0.15, -0.1) is 0 Å². The fourth-order valence-corrected chi connectivity index (χ4v) is 1.85. The topological polar surface area (TPSA) is 62.7 Å². The van der Waals surface area contributed by atoms with Gasteiger partial charge in [-0.3, -0.25) is 0 Å². The molecule has 0 heterocycles. The van der Waals surface area contributed by atoms with Crippen molar-refractivity contribution in [3.63, 3.8) is 0 Å². The minimum Gasteiger partial charge on any atom is -0.457 e. The van der Waals surface area contributed by atoms with Gasteiger partial charge >= 0.3 is 12.2 Å². The molecule has 0 aliphatic rings. The van der Waals surface area contributed by atoms with Gasteiger partial charge in [0.15, 0.2) is 0 Å². The van der Waals surface area contributed by atoms with Gasteiger partial charge in [-0.2, -0.15) is 4.79 Å². The van der Waals surface area contributed by atoms with Crippen LogP contribution in [0.3, 0.4) is 0 Å². The Morgan fingerprint density at radius 2 is 1.50 bits per heavy atom. The van der Waals surface area contributed by atoms with Crippen LogP contribution < -0.4 is 0 Å². The quantitative estimate of drug-likeness (QED) is 0.175. The molecule has 4 heteroatoms. The van der Waals surface area contributed by atoms with Gasteiger partial charge in [0.25, 0.3) is 0 Å². The van der Waals surface area contributed by atoms with Gasteiger partial charge in [0.05, 0.1) is 6.61 Å². The number of hydrogen-bond donors (Lipinski definition) is 0. The summed E-state index contributed by atoms with van der Waals surface area (Å²) in [5.41, 5.74) is 8.08. The highest BCUT2D eigenvalue weighted by Crippen LogP contribution is 2.10. The van der Waals surface area contributed by atoms with Crippen LogP contribution in [0.1, 0.15) is 71.1 Å². The zero-order valence-electron chi connectivity index (χ0n) is 11.6. The summed E-state index contributed by atoms with van der Waals surface area (Å²) in [5.74, 6) is -0.576. The molecule has 0 aromatic heterocycles. The summed E-state index contributed by atoms with van der Waals surface area (Å²) in [5, 5.41) is 0. The number of carbonyl (C=O) groups is 1. The van der Waals surface area contributed by atoms with E-state index in [1.54, 1.807) is 0 Å². The maximum atomic E-state index is 10.8. The van der Waals surface area contributed by atoms with E-state index in [-0.39, 0.29) is 0 Å². The first kappa shape index (κ1) is 16.9. The predicted molar refractivity (Wildman–Crippen MR) is 72.5 cm³/mol. The molecule has 0 aliphatic heterocycles. The van der Waals surface area contributed by atoms with Gasteiger partial charge in [-0.25, -0.2) is 4.79 Å². The molecule has 0 saturated heterocycles. The zero-order valence-corrected chi connectivity index (χ0v) is 11.6. The Hall–Kier alpha value is -1.15. The van der Waals surface area contributed by atoms with Crippen LogP contribution in [0.15, 0.2) is 0 Å². The molecule has 104 valence electrons. The minimum atomic E-state index is -0.576. The Labute approximate surface area is 110 Å². The molecule has 4 nitrogen and oxygen atoms in total. The fourth-order valence-electron chi connectivity index (χ4n) is 1.85. The van der Waals surface area contributed by atoms with Gasteiger partial charge in [-0.1, -0.05) is 64.7 Å². The second-order valence-corrected chi connectivity index (χ2v) is 4.59. The van der Waals surface area contributed by atoms with Crippen molar-refractivity contribution in [2.75, 3.05) is 6.61 Å². The average molecular weight is 254 g/mol. The monoisotopic (exact) mass is 254 g/mol. The van der Waals surface area contributed by atoms with Crippen molar-refractivity contribution in [2.45, 2.75) is 71.1 Å². The van der Waals surface area contributed by atoms with Crippen LogP contribution in [0.25, 0.3) is 5.53 Å². The third kappa shape index (κ3) is 12.9. The first-order valence-corrected chi connectivity index (χ1v) is 7.15. The largest absolute Gasteiger partial charge is 0.457 e. The number of nitrogens with zero attached hydrogens (tertiary/aromatic N) is 2. The van der Waals surface area contributed by atoms with E-state index in [1.807, 2.05) is 0 Å². The summed E-state index contributed by atoms with van der Waals surface area (Å²) in [7, 11) is 0. The van der Waals surface area contributed by atoms with Crippen LogP contribution in [0.5, 0.6) is 0 Å². The van der Waals surface area contributed by atoms with E-state index in [0.29, 0.717) is 6.61 Å². The lowest BCUT2D eigenvalue weighted by atomic mass is 10.1. The molecule has 0 aliphatic carbocycles. The SMILES string of the molecule is CCCCCCCCCCCCOC(=O)C=[N+]=[N-]. The highest BCUT2D eigenvalue weighted by Gasteiger charge is 2.01. The van der Waals surface area contributed by atoms with Crippen LogP contribution in [-0.4, -0.2) is 23.6 Å². The summed E-state index contributed by atoms with van der Waals surface area (Å²) in [6, 6.07) is 0. The summed E-state index contributed by atoms with van der Waals surface area (Å²) in [4.78, 5) is 13.4. The molecule has 0 bridgehead atoms. The van der Waals surface area contributed by atoms with Crippen LogP contribution in [0, 0.1) is 0 Å². The molecule has 0 rings (SSSR count). The first-order valence-electron chi connectivity index (χ1n) is 7.15. The van der Waals surface area contributed by atoms with E-state index < -0.39 is 5.97 Å². The van der Waals surface area contributed by atoms with E-state index >= 15 is 0 Å². The van der Waals surface area contributed by atoms with E-state index in [4.69, 9.17) is 10.3 Å². The molecule has 0 aromatic carbocycles. The number of rotatable bonds is 12. The molecule has 0 aromatic rings. The lowest BCUT2D eigenvalue weighted by Gasteiger charge is -2.02. The number of hydrogen-bond acceptors (Lipinski definition) is 2. The van der Waals surface area contributed by atoms with Crippen molar-refractivity contribution >= 4 is 12.2 Å². The van der Waals surface area contributed by atoms with E-state index in [9.17, 15) is 4.79 Å². The third-order valence-electron chi connectivity index (χ3n) is 2.91. The van der Waals surface area contributed by atoms with Gasteiger partial charge in [-0.05, 0) is 6.42 Å². The molecule has 0 atom stereocenters. The van der Waals surface area contributed by atoms with Gasteiger partial charge in [0.2, 0.25) is 0 Å². The Balaban J connectivity index is 3.07. The lowest BCUT2D eigenvalue weighted by molar-refractivity contribution is -0.139. The van der Waals surface area contributed by atoms with Gasteiger partial charge in [0.1, 0.15) is 0 Å². The number of ether oxygens (including phenoxy) is 1. The number of esters is 1. The molecular weight excluding hydrogens is 228 g/mol. The molecule has 0 amide bonds. The van der Waals surface area contributed by atoms with Crippen molar-refractivity contribution in [3.8, 4) is 0 Å². The molecule has 0 radical (unpaired) electrons. The predicted octanol–water partition coefficient (Wildman–Crippen LogP) is 3.75. The van der Waals surface area contributed by atoms with Crippen LogP contribution in [0.4, 0.5) is 0 Å². The summed E-state index contributed by atoms with van der Waals surface area (Å²) >= 11 is 0. The molecule has 0 saturated carbocycles. The number of carbonyl (C=O) groups excluding carboxylic acids is 1. The molecule has 0 N–H and O–H groups in total. The maximum absolute atomic E-state index is 10.8. The Bertz CT molecular complexity index is 248. The Morgan fingerprint density at radius 1 is 1.00 bits per heavy atom. The van der Waals surface area contributed by atoms with Crippen molar-refractivity contribution < 1.29 is 14.3 Å². The second kappa shape index (κ2) is 13.9. The maximum Gasteiger partial charge on any atom is 0.413 e. The van der Waals surface area contributed by atoms with Crippen LogP contribution in [-0.2, 0) is 9.53 Å². The minimum absolute atomic E-state index is 0.418. The molecule has 18 heavy (non-hydrogen) atoms. The van der Waals surface area contributed by atoms with Crippen LogP contribution >= 0.6 is 0 Å².